The number of pyridine rings is 1. The highest BCUT2D eigenvalue weighted by Gasteiger charge is 2.50. The summed E-state index contributed by atoms with van der Waals surface area (Å²) in [5.41, 5.74) is 0.198. The van der Waals surface area contributed by atoms with Gasteiger partial charge in [0.15, 0.2) is 5.54 Å². The van der Waals surface area contributed by atoms with Gasteiger partial charge in [0.2, 0.25) is 0 Å². The van der Waals surface area contributed by atoms with E-state index in [2.05, 4.69) is 15.3 Å². The zero-order valence-electron chi connectivity index (χ0n) is 14.1. The Morgan fingerprint density at radius 2 is 2.12 bits per heavy atom. The monoisotopic (exact) mass is 356 g/mol. The Kier molecular flexibility index (Phi) is 4.03. The quantitative estimate of drug-likeness (QED) is 0.854. The summed E-state index contributed by atoms with van der Waals surface area (Å²) in [6.45, 7) is 1.90. The van der Waals surface area contributed by atoms with Crippen LogP contribution in [0.3, 0.4) is 0 Å². The topological polar surface area (TPSA) is 75.2 Å². The summed E-state index contributed by atoms with van der Waals surface area (Å²) in [6.07, 6.45) is 6.52. The van der Waals surface area contributed by atoms with E-state index >= 15 is 0 Å². The molecule has 1 saturated heterocycles. The van der Waals surface area contributed by atoms with Crippen LogP contribution in [0.1, 0.15) is 54.9 Å². The molecule has 0 radical (unpaired) electrons. The second-order valence-electron chi connectivity index (χ2n) is 6.82. The van der Waals surface area contributed by atoms with Crippen LogP contribution in [0.2, 0.25) is 0 Å². The molecule has 6 nitrogen and oxygen atoms in total. The van der Waals surface area contributed by atoms with Crippen LogP contribution in [0.5, 0.6) is 0 Å². The Hall–Kier alpha value is -2.28. The molecule has 0 aromatic carbocycles. The molecule has 2 aliphatic rings. The zero-order valence-corrected chi connectivity index (χ0v) is 14.9. The van der Waals surface area contributed by atoms with Gasteiger partial charge in [-0.1, -0.05) is 18.9 Å². The predicted molar refractivity (Wildman–Crippen MR) is 94.0 cm³/mol. The summed E-state index contributed by atoms with van der Waals surface area (Å²) in [4.78, 5) is 35.4. The lowest BCUT2D eigenvalue weighted by molar-refractivity contribution is -0.131. The molecule has 4 rings (SSSR count). The number of carbonyl (C=O) groups is 2. The first kappa shape index (κ1) is 16.2. The van der Waals surface area contributed by atoms with Gasteiger partial charge in [-0.15, -0.1) is 11.3 Å². The number of imide groups is 1. The van der Waals surface area contributed by atoms with E-state index in [4.69, 9.17) is 0 Å². The molecule has 1 N–H and O–H groups in total. The Morgan fingerprint density at radius 3 is 2.84 bits per heavy atom. The van der Waals surface area contributed by atoms with Crippen molar-refractivity contribution in [2.24, 2.45) is 0 Å². The molecule has 1 unspecified atom stereocenters. The summed E-state index contributed by atoms with van der Waals surface area (Å²) >= 11 is 1.64. The summed E-state index contributed by atoms with van der Waals surface area (Å²) in [6, 6.07) is 4.95. The number of urea groups is 1. The number of hydrogen-bond donors (Lipinski definition) is 1. The number of carbonyl (C=O) groups excluding carboxylic acids is 2. The molecule has 25 heavy (non-hydrogen) atoms. The first-order valence-corrected chi connectivity index (χ1v) is 9.46. The summed E-state index contributed by atoms with van der Waals surface area (Å²) in [7, 11) is 0. The smallest absolute Gasteiger partial charge is 0.318 e. The highest BCUT2D eigenvalue weighted by atomic mass is 32.1. The Balaban J connectivity index is 1.53. The number of thiazole rings is 1. The van der Waals surface area contributed by atoms with Gasteiger partial charge in [0, 0.05) is 17.5 Å². The number of aromatic nitrogens is 2. The maximum Gasteiger partial charge on any atom is 0.325 e. The minimum atomic E-state index is -1.12. The van der Waals surface area contributed by atoms with E-state index in [0.717, 1.165) is 10.7 Å². The van der Waals surface area contributed by atoms with Gasteiger partial charge in [-0.3, -0.25) is 14.7 Å². The molecule has 2 aromatic rings. The highest BCUT2D eigenvalue weighted by Crippen LogP contribution is 2.36. The SMILES string of the molecule is CC1(c2ccccn2)NC(=O)N(Cc2csc(C3CCCC3)n2)C1=O. The number of nitrogens with one attached hydrogen (secondary N) is 1. The van der Waals surface area contributed by atoms with Gasteiger partial charge in [-0.25, -0.2) is 9.78 Å². The lowest BCUT2D eigenvalue weighted by atomic mass is 9.97. The minimum Gasteiger partial charge on any atom is -0.318 e. The fourth-order valence-corrected chi connectivity index (χ4v) is 4.57. The molecule has 7 heteroatoms. The number of nitrogens with zero attached hydrogens (tertiary/aromatic N) is 3. The van der Waals surface area contributed by atoms with Crippen LogP contribution >= 0.6 is 11.3 Å². The molecule has 2 fully saturated rings. The standard InChI is InChI=1S/C18H20N4O2S/c1-18(14-8-4-5-9-19-14)16(23)22(17(24)21-18)10-13-11-25-15(20-13)12-6-2-3-7-12/h4-5,8-9,11-12H,2-3,6-7,10H2,1H3,(H,21,24). The molecule has 0 spiro atoms. The van der Waals surface area contributed by atoms with E-state index in [1.807, 2.05) is 11.4 Å². The molecule has 0 bridgehead atoms. The van der Waals surface area contributed by atoms with E-state index in [-0.39, 0.29) is 12.5 Å². The zero-order chi connectivity index (χ0) is 17.4. The predicted octanol–water partition coefficient (Wildman–Crippen LogP) is 3.16. The van der Waals surface area contributed by atoms with Crippen LogP contribution in [-0.4, -0.2) is 26.8 Å². The largest absolute Gasteiger partial charge is 0.325 e. The molecule has 3 heterocycles. The van der Waals surface area contributed by atoms with Crippen LogP contribution in [0, 0.1) is 0 Å². The van der Waals surface area contributed by atoms with Crippen molar-refractivity contribution in [3.8, 4) is 0 Å². The maximum atomic E-state index is 12.9. The molecular formula is C18H20N4O2S. The maximum absolute atomic E-state index is 12.9. The van der Waals surface area contributed by atoms with Gasteiger partial charge < -0.3 is 5.32 Å². The molecule has 1 atom stereocenters. The third-order valence-corrected chi connectivity index (χ3v) is 6.10. The first-order chi connectivity index (χ1) is 12.1. The van der Waals surface area contributed by atoms with Crippen molar-refractivity contribution in [1.29, 1.82) is 0 Å². The molecule has 2 aromatic heterocycles. The van der Waals surface area contributed by atoms with E-state index in [1.165, 1.54) is 30.6 Å². The van der Waals surface area contributed by atoms with Gasteiger partial charge in [0.1, 0.15) is 0 Å². The third-order valence-electron chi connectivity index (χ3n) is 5.05. The number of rotatable bonds is 4. The summed E-state index contributed by atoms with van der Waals surface area (Å²) < 4.78 is 0. The highest BCUT2D eigenvalue weighted by molar-refractivity contribution is 7.09. The van der Waals surface area contributed by atoms with Crippen LogP contribution in [-0.2, 0) is 16.9 Å². The van der Waals surface area contributed by atoms with E-state index in [1.54, 1.807) is 36.6 Å². The second-order valence-corrected chi connectivity index (χ2v) is 7.71. The molecule has 3 amide bonds. The van der Waals surface area contributed by atoms with Crippen molar-refractivity contribution in [3.63, 3.8) is 0 Å². The average molecular weight is 356 g/mol. The van der Waals surface area contributed by atoms with E-state index in [0.29, 0.717) is 11.6 Å². The molecule has 130 valence electrons. The Morgan fingerprint density at radius 1 is 1.32 bits per heavy atom. The third kappa shape index (κ3) is 2.82. The molecule has 1 aliphatic carbocycles. The van der Waals surface area contributed by atoms with Crippen molar-refractivity contribution in [3.05, 3.63) is 46.2 Å². The van der Waals surface area contributed by atoms with Crippen molar-refractivity contribution < 1.29 is 9.59 Å². The van der Waals surface area contributed by atoms with Gasteiger partial charge in [-0.2, -0.15) is 0 Å². The van der Waals surface area contributed by atoms with Crippen molar-refractivity contribution in [2.75, 3.05) is 0 Å². The van der Waals surface area contributed by atoms with E-state index in [9.17, 15) is 9.59 Å². The van der Waals surface area contributed by atoms with Gasteiger partial charge in [-0.05, 0) is 31.9 Å². The van der Waals surface area contributed by atoms with Crippen molar-refractivity contribution in [2.45, 2.75) is 50.6 Å². The second kappa shape index (κ2) is 6.22. The van der Waals surface area contributed by atoms with Gasteiger partial charge >= 0.3 is 6.03 Å². The van der Waals surface area contributed by atoms with Crippen LogP contribution in [0.4, 0.5) is 4.79 Å². The van der Waals surface area contributed by atoms with Crippen LogP contribution in [0.15, 0.2) is 29.8 Å². The molecule has 1 saturated carbocycles. The minimum absolute atomic E-state index is 0.205. The van der Waals surface area contributed by atoms with Crippen molar-refractivity contribution in [1.82, 2.24) is 20.2 Å². The molecular weight excluding hydrogens is 336 g/mol. The first-order valence-electron chi connectivity index (χ1n) is 8.58. The number of hydrogen-bond acceptors (Lipinski definition) is 5. The van der Waals surface area contributed by atoms with Gasteiger partial charge in [0.05, 0.1) is 22.9 Å². The van der Waals surface area contributed by atoms with Crippen LogP contribution in [0.25, 0.3) is 0 Å². The average Bonchev–Trinajstić information content (AvgIpc) is 3.34. The normalized spacial score (nSPS) is 24.1. The number of amides is 3. The lowest BCUT2D eigenvalue weighted by Gasteiger charge is -2.20. The van der Waals surface area contributed by atoms with Gasteiger partial charge in [0.25, 0.3) is 5.91 Å². The summed E-state index contributed by atoms with van der Waals surface area (Å²) in [5.74, 6) is 0.257. The Labute approximate surface area is 150 Å². The van der Waals surface area contributed by atoms with E-state index < -0.39 is 11.6 Å². The fourth-order valence-electron chi connectivity index (χ4n) is 3.59. The summed E-state index contributed by atoms with van der Waals surface area (Å²) in [5, 5.41) is 5.87. The lowest BCUT2D eigenvalue weighted by Crippen LogP contribution is -2.41. The van der Waals surface area contributed by atoms with Crippen molar-refractivity contribution >= 4 is 23.3 Å². The molecule has 1 aliphatic heterocycles. The van der Waals surface area contributed by atoms with Crippen LogP contribution < -0.4 is 5.32 Å². The Bertz CT molecular complexity index is 800. The fraction of sp³-hybridized carbons (Fsp3) is 0.444.